The molecular weight excluding hydrogens is 180 g/mol. The first-order chi connectivity index (χ1) is 6.02. The first-order valence-electron chi connectivity index (χ1n) is 3.60. The zero-order valence-corrected chi connectivity index (χ0v) is 6.96. The number of allylic oxidation sites excluding steroid dienone is 2. The molecular formula is C8H9F2NO2. The van der Waals surface area contributed by atoms with E-state index in [2.05, 4.69) is 4.74 Å². The molecule has 0 aromatic rings. The van der Waals surface area contributed by atoms with Crippen molar-refractivity contribution < 1.29 is 18.3 Å². The fraction of sp³-hybridized carbons (Fsp3) is 0.375. The van der Waals surface area contributed by atoms with Crippen molar-refractivity contribution in [3.63, 3.8) is 0 Å². The number of hydrogen-bond donors (Lipinski definition) is 1. The number of rotatable bonds is 2. The van der Waals surface area contributed by atoms with E-state index >= 15 is 0 Å². The number of alkyl halides is 1. The number of ether oxygens (including phenoxy) is 1. The normalized spacial score (nSPS) is 32.8. The smallest absolute Gasteiger partial charge is 0.276 e. The van der Waals surface area contributed by atoms with Gasteiger partial charge in [0, 0.05) is 7.11 Å². The molecule has 2 atom stereocenters. The third-order valence-corrected chi connectivity index (χ3v) is 1.88. The van der Waals surface area contributed by atoms with Crippen LogP contribution in [0.1, 0.15) is 0 Å². The lowest BCUT2D eigenvalue weighted by Crippen LogP contribution is -2.43. The van der Waals surface area contributed by atoms with E-state index < -0.39 is 23.5 Å². The predicted molar refractivity (Wildman–Crippen MR) is 41.9 cm³/mol. The van der Waals surface area contributed by atoms with Crippen molar-refractivity contribution in [3.8, 4) is 0 Å². The first-order valence-corrected chi connectivity index (χ1v) is 3.60. The van der Waals surface area contributed by atoms with E-state index in [0.29, 0.717) is 0 Å². The zero-order valence-electron chi connectivity index (χ0n) is 6.96. The van der Waals surface area contributed by atoms with Crippen molar-refractivity contribution in [1.29, 1.82) is 0 Å². The van der Waals surface area contributed by atoms with E-state index in [1.807, 2.05) is 0 Å². The maximum atomic E-state index is 13.6. The van der Waals surface area contributed by atoms with Crippen molar-refractivity contribution in [2.75, 3.05) is 7.11 Å². The SMILES string of the molecule is COC1(F)C(F)=CC=CC1C(N)=O. The van der Waals surface area contributed by atoms with E-state index in [9.17, 15) is 13.6 Å². The summed E-state index contributed by atoms with van der Waals surface area (Å²) in [5, 5.41) is 0. The van der Waals surface area contributed by atoms with Gasteiger partial charge in [-0.05, 0) is 6.08 Å². The monoisotopic (exact) mass is 189 g/mol. The standard InChI is InChI=1S/C8H9F2NO2/c1-13-8(10)5(7(11)12)3-2-4-6(8)9/h2-5H,1H3,(H2,11,12). The highest BCUT2D eigenvalue weighted by Gasteiger charge is 2.47. The molecule has 5 heteroatoms. The number of carbonyl (C=O) groups is 1. The lowest BCUT2D eigenvalue weighted by Gasteiger charge is -2.28. The van der Waals surface area contributed by atoms with Crippen molar-refractivity contribution in [1.82, 2.24) is 0 Å². The second-order valence-corrected chi connectivity index (χ2v) is 2.63. The summed E-state index contributed by atoms with van der Waals surface area (Å²) in [5.74, 6) is -6.28. The van der Waals surface area contributed by atoms with Gasteiger partial charge in [-0.2, -0.15) is 0 Å². The Morgan fingerprint density at radius 3 is 2.77 bits per heavy atom. The Balaban J connectivity index is 3.06. The molecule has 0 fully saturated rings. The average molecular weight is 189 g/mol. The fourth-order valence-electron chi connectivity index (χ4n) is 1.14. The van der Waals surface area contributed by atoms with Gasteiger partial charge in [0.1, 0.15) is 5.92 Å². The second kappa shape index (κ2) is 3.26. The summed E-state index contributed by atoms with van der Waals surface area (Å²) in [7, 11) is 0.975. The molecule has 2 N–H and O–H groups in total. The molecule has 0 saturated carbocycles. The van der Waals surface area contributed by atoms with E-state index in [1.54, 1.807) is 0 Å². The molecule has 2 unspecified atom stereocenters. The summed E-state index contributed by atoms with van der Waals surface area (Å²) in [6.45, 7) is 0. The minimum absolute atomic E-state index is 0.892. The molecule has 0 radical (unpaired) electrons. The number of primary amides is 1. The van der Waals surface area contributed by atoms with Gasteiger partial charge >= 0.3 is 0 Å². The van der Waals surface area contributed by atoms with Crippen LogP contribution >= 0.6 is 0 Å². The Bertz CT molecular complexity index is 288. The van der Waals surface area contributed by atoms with Gasteiger partial charge in [-0.1, -0.05) is 12.2 Å². The Kier molecular flexibility index (Phi) is 2.47. The van der Waals surface area contributed by atoms with E-state index in [0.717, 1.165) is 19.3 Å². The van der Waals surface area contributed by atoms with Crippen molar-refractivity contribution >= 4 is 5.91 Å². The Hall–Kier alpha value is -1.23. The van der Waals surface area contributed by atoms with Gasteiger partial charge in [-0.15, -0.1) is 0 Å². The summed E-state index contributed by atoms with van der Waals surface area (Å²) < 4.78 is 30.8. The second-order valence-electron chi connectivity index (χ2n) is 2.63. The number of hydrogen-bond acceptors (Lipinski definition) is 2. The Morgan fingerprint density at radius 2 is 2.38 bits per heavy atom. The zero-order chi connectivity index (χ0) is 10.1. The van der Waals surface area contributed by atoms with Gasteiger partial charge in [-0.3, -0.25) is 4.79 Å². The summed E-state index contributed by atoms with van der Waals surface area (Å²) >= 11 is 0. The number of nitrogens with two attached hydrogens (primary N) is 1. The van der Waals surface area contributed by atoms with Crippen LogP contribution in [0.25, 0.3) is 0 Å². The highest BCUT2D eigenvalue weighted by atomic mass is 19.2. The number of halogens is 2. The lowest BCUT2D eigenvalue weighted by atomic mass is 9.93. The number of methoxy groups -OCH3 is 1. The molecule has 0 heterocycles. The van der Waals surface area contributed by atoms with Gasteiger partial charge in [0.15, 0.2) is 5.83 Å². The molecule has 0 aliphatic heterocycles. The number of amides is 1. The third-order valence-electron chi connectivity index (χ3n) is 1.88. The molecule has 1 rings (SSSR count). The largest absolute Gasteiger partial charge is 0.369 e. The first kappa shape index (κ1) is 9.85. The molecule has 0 aromatic heterocycles. The summed E-state index contributed by atoms with van der Waals surface area (Å²) in [6, 6.07) is 0. The topological polar surface area (TPSA) is 52.3 Å². The van der Waals surface area contributed by atoms with Crippen LogP contribution < -0.4 is 5.73 Å². The maximum absolute atomic E-state index is 13.6. The highest BCUT2D eigenvalue weighted by molar-refractivity contribution is 5.80. The lowest BCUT2D eigenvalue weighted by molar-refractivity contribution is -0.154. The van der Waals surface area contributed by atoms with Crippen LogP contribution in [0.3, 0.4) is 0 Å². The molecule has 1 amide bonds. The molecule has 1 aliphatic carbocycles. The van der Waals surface area contributed by atoms with Crippen LogP contribution in [0.15, 0.2) is 24.1 Å². The molecule has 0 aromatic carbocycles. The van der Waals surface area contributed by atoms with E-state index in [-0.39, 0.29) is 0 Å². The summed E-state index contributed by atoms with van der Waals surface area (Å²) in [5.41, 5.74) is 4.88. The van der Waals surface area contributed by atoms with Crippen LogP contribution in [0, 0.1) is 5.92 Å². The maximum Gasteiger partial charge on any atom is 0.276 e. The molecule has 13 heavy (non-hydrogen) atoms. The third kappa shape index (κ3) is 1.47. The van der Waals surface area contributed by atoms with E-state index in [1.165, 1.54) is 6.08 Å². The van der Waals surface area contributed by atoms with Crippen LogP contribution in [0.5, 0.6) is 0 Å². The molecule has 72 valence electrons. The molecule has 0 bridgehead atoms. The van der Waals surface area contributed by atoms with Gasteiger partial charge in [-0.25, -0.2) is 8.78 Å². The van der Waals surface area contributed by atoms with Gasteiger partial charge < -0.3 is 10.5 Å². The number of carbonyl (C=O) groups excluding carboxylic acids is 1. The van der Waals surface area contributed by atoms with Gasteiger partial charge in [0.05, 0.1) is 0 Å². The van der Waals surface area contributed by atoms with Gasteiger partial charge in [0.2, 0.25) is 5.91 Å². The van der Waals surface area contributed by atoms with Crippen LogP contribution in [-0.4, -0.2) is 18.9 Å². The minimum Gasteiger partial charge on any atom is -0.369 e. The van der Waals surface area contributed by atoms with E-state index in [4.69, 9.17) is 5.73 Å². The molecule has 3 nitrogen and oxygen atoms in total. The highest BCUT2D eigenvalue weighted by Crippen LogP contribution is 2.36. The predicted octanol–water partition coefficient (Wildman–Crippen LogP) is 0.823. The van der Waals surface area contributed by atoms with Crippen LogP contribution in [0.2, 0.25) is 0 Å². The van der Waals surface area contributed by atoms with Crippen molar-refractivity contribution in [3.05, 3.63) is 24.1 Å². The molecule has 0 spiro atoms. The van der Waals surface area contributed by atoms with Crippen LogP contribution in [0.4, 0.5) is 8.78 Å². The average Bonchev–Trinajstić information content (AvgIpc) is 2.09. The quantitative estimate of drug-likeness (QED) is 0.699. The molecule has 1 aliphatic rings. The van der Waals surface area contributed by atoms with Gasteiger partial charge in [0.25, 0.3) is 5.85 Å². The van der Waals surface area contributed by atoms with Crippen LogP contribution in [-0.2, 0) is 9.53 Å². The summed E-state index contributed by atoms with van der Waals surface area (Å²) in [4.78, 5) is 10.7. The molecule has 0 saturated heterocycles. The Morgan fingerprint density at radius 1 is 1.77 bits per heavy atom. The minimum atomic E-state index is -2.75. The summed E-state index contributed by atoms with van der Waals surface area (Å²) in [6.07, 6.45) is 3.28. The fourth-order valence-corrected chi connectivity index (χ4v) is 1.14. The Labute approximate surface area is 73.9 Å². The van der Waals surface area contributed by atoms with Crippen molar-refractivity contribution in [2.24, 2.45) is 11.7 Å². The van der Waals surface area contributed by atoms with Crippen molar-refractivity contribution in [2.45, 2.75) is 5.85 Å².